The summed E-state index contributed by atoms with van der Waals surface area (Å²) in [4.78, 5) is 1.10. The number of phenols is 1. The number of benzene rings is 1. The van der Waals surface area contributed by atoms with E-state index in [1.165, 1.54) is 0 Å². The lowest BCUT2D eigenvalue weighted by atomic mass is 10.1. The van der Waals surface area contributed by atoms with E-state index in [9.17, 15) is 5.11 Å². The summed E-state index contributed by atoms with van der Waals surface area (Å²) in [5.74, 6) is 0.882. The second-order valence-electron chi connectivity index (χ2n) is 3.23. The molecule has 2 aromatic rings. The summed E-state index contributed by atoms with van der Waals surface area (Å²) in [6.45, 7) is 2.08. The Hall–Kier alpha value is -0.730. The first-order valence-electron chi connectivity index (χ1n) is 4.55. The van der Waals surface area contributed by atoms with Crippen LogP contribution in [0.4, 0.5) is 0 Å². The highest BCUT2D eigenvalue weighted by Gasteiger charge is 2.06. The fraction of sp³-hybridized carbons (Fsp3) is 0.273. The number of hydrogen-bond acceptors (Lipinski definition) is 2. The fourth-order valence-corrected chi connectivity index (χ4v) is 2.74. The molecule has 1 aromatic heterocycles. The number of rotatable bonds is 2. The highest BCUT2D eigenvalue weighted by atomic mass is 35.5. The third kappa shape index (κ3) is 1.60. The van der Waals surface area contributed by atoms with Gasteiger partial charge < -0.3 is 5.11 Å². The summed E-state index contributed by atoms with van der Waals surface area (Å²) in [7, 11) is 0. The maximum Gasteiger partial charge on any atom is 0.124 e. The zero-order chi connectivity index (χ0) is 10.1. The molecule has 1 aromatic carbocycles. The maximum atomic E-state index is 9.76. The molecule has 0 unspecified atom stereocenters. The van der Waals surface area contributed by atoms with Gasteiger partial charge in [0.05, 0.1) is 5.88 Å². The quantitative estimate of drug-likeness (QED) is 0.770. The van der Waals surface area contributed by atoms with Crippen molar-refractivity contribution in [2.24, 2.45) is 0 Å². The second kappa shape index (κ2) is 3.79. The molecule has 0 saturated carbocycles. The molecule has 0 aliphatic carbocycles. The number of fused-ring (bicyclic) bond motifs is 1. The predicted molar refractivity (Wildman–Crippen MR) is 62.4 cm³/mol. The molecule has 0 aliphatic rings. The molecule has 2 rings (SSSR count). The molecule has 1 nitrogen and oxygen atoms in total. The van der Waals surface area contributed by atoms with Crippen molar-refractivity contribution in [1.82, 2.24) is 0 Å². The van der Waals surface area contributed by atoms with Gasteiger partial charge in [0.2, 0.25) is 0 Å². The van der Waals surface area contributed by atoms with Crippen molar-refractivity contribution < 1.29 is 5.11 Å². The number of aryl methyl sites for hydroxylation is 1. The standard InChI is InChI=1S/C11H11ClOS/c1-2-7-3-10(13)9-5-8(6-12)14-11(9)4-7/h3-5,13H,2,6H2,1H3. The van der Waals surface area contributed by atoms with Crippen molar-refractivity contribution >= 4 is 33.0 Å². The summed E-state index contributed by atoms with van der Waals surface area (Å²) >= 11 is 7.40. The third-order valence-electron chi connectivity index (χ3n) is 2.27. The number of aromatic hydroxyl groups is 1. The van der Waals surface area contributed by atoms with E-state index in [0.29, 0.717) is 11.6 Å². The van der Waals surface area contributed by atoms with Crippen LogP contribution in [0.2, 0.25) is 0 Å². The van der Waals surface area contributed by atoms with Gasteiger partial charge in [-0.25, -0.2) is 0 Å². The third-order valence-corrected chi connectivity index (χ3v) is 3.79. The number of halogens is 1. The lowest BCUT2D eigenvalue weighted by molar-refractivity contribution is 0.481. The topological polar surface area (TPSA) is 20.2 Å². The molecular formula is C11H11ClOS. The van der Waals surface area contributed by atoms with Gasteiger partial charge in [0.15, 0.2) is 0 Å². The van der Waals surface area contributed by atoms with E-state index in [4.69, 9.17) is 11.6 Å². The summed E-state index contributed by atoms with van der Waals surface area (Å²) < 4.78 is 1.12. The first kappa shape index (κ1) is 9.81. The average molecular weight is 227 g/mol. The molecule has 1 N–H and O–H groups in total. The highest BCUT2D eigenvalue weighted by molar-refractivity contribution is 7.19. The smallest absolute Gasteiger partial charge is 0.124 e. The Morgan fingerprint density at radius 2 is 2.14 bits per heavy atom. The molecule has 14 heavy (non-hydrogen) atoms. The normalized spacial score (nSPS) is 11.0. The van der Waals surface area contributed by atoms with E-state index in [1.807, 2.05) is 12.1 Å². The number of hydrogen-bond donors (Lipinski definition) is 1. The van der Waals surface area contributed by atoms with Crippen LogP contribution in [0.3, 0.4) is 0 Å². The Labute approximate surface area is 91.9 Å². The molecule has 1 heterocycles. The van der Waals surface area contributed by atoms with Gasteiger partial charge in [-0.2, -0.15) is 0 Å². The summed E-state index contributed by atoms with van der Waals surface area (Å²) in [5, 5.41) is 10.7. The lowest BCUT2D eigenvalue weighted by Crippen LogP contribution is -1.78. The Balaban J connectivity index is 2.67. The van der Waals surface area contributed by atoms with Crippen molar-refractivity contribution in [3.63, 3.8) is 0 Å². The Morgan fingerprint density at radius 1 is 1.36 bits per heavy atom. The van der Waals surface area contributed by atoms with Crippen LogP contribution >= 0.6 is 22.9 Å². The molecular weight excluding hydrogens is 216 g/mol. The molecule has 0 saturated heterocycles. The van der Waals surface area contributed by atoms with Gasteiger partial charge in [-0.1, -0.05) is 6.92 Å². The number of phenolic OH excluding ortho intramolecular Hbond substituents is 1. The summed E-state index contributed by atoms with van der Waals surface area (Å²) in [6, 6.07) is 5.91. The molecule has 74 valence electrons. The molecule has 0 fully saturated rings. The Kier molecular flexibility index (Phi) is 2.66. The zero-order valence-corrected chi connectivity index (χ0v) is 9.45. The van der Waals surface area contributed by atoms with E-state index in [0.717, 1.165) is 26.9 Å². The van der Waals surface area contributed by atoms with Gasteiger partial charge in [-0.05, 0) is 30.2 Å². The van der Waals surface area contributed by atoms with Crippen LogP contribution < -0.4 is 0 Å². The van der Waals surface area contributed by atoms with Crippen molar-refractivity contribution in [2.45, 2.75) is 19.2 Å². The van der Waals surface area contributed by atoms with E-state index in [1.54, 1.807) is 11.3 Å². The van der Waals surface area contributed by atoms with E-state index >= 15 is 0 Å². The van der Waals surface area contributed by atoms with Crippen LogP contribution in [0.1, 0.15) is 17.4 Å². The van der Waals surface area contributed by atoms with Crippen LogP contribution in [-0.4, -0.2) is 5.11 Å². The minimum absolute atomic E-state index is 0.368. The molecule has 0 radical (unpaired) electrons. The Bertz CT molecular complexity index is 462. The minimum Gasteiger partial charge on any atom is -0.507 e. The molecule has 0 atom stereocenters. The van der Waals surface area contributed by atoms with E-state index < -0.39 is 0 Å². The van der Waals surface area contributed by atoms with E-state index in [2.05, 4.69) is 13.0 Å². The van der Waals surface area contributed by atoms with Crippen molar-refractivity contribution in [1.29, 1.82) is 0 Å². The zero-order valence-electron chi connectivity index (χ0n) is 7.88. The van der Waals surface area contributed by atoms with Gasteiger partial charge in [-0.15, -0.1) is 22.9 Å². The largest absolute Gasteiger partial charge is 0.507 e. The predicted octanol–water partition coefficient (Wildman–Crippen LogP) is 3.91. The summed E-state index contributed by atoms with van der Waals surface area (Å²) in [5.41, 5.74) is 1.16. The van der Waals surface area contributed by atoms with Gasteiger partial charge >= 0.3 is 0 Å². The molecule has 0 amide bonds. The fourth-order valence-electron chi connectivity index (χ4n) is 1.50. The lowest BCUT2D eigenvalue weighted by Gasteiger charge is -1.99. The van der Waals surface area contributed by atoms with Crippen LogP contribution in [0.5, 0.6) is 5.75 Å². The van der Waals surface area contributed by atoms with Gasteiger partial charge in [-0.3, -0.25) is 0 Å². The number of thiophene rings is 1. The Morgan fingerprint density at radius 3 is 2.79 bits per heavy atom. The van der Waals surface area contributed by atoms with Gasteiger partial charge in [0.25, 0.3) is 0 Å². The van der Waals surface area contributed by atoms with Crippen molar-refractivity contribution in [3.8, 4) is 5.75 Å². The average Bonchev–Trinajstić information content (AvgIpc) is 2.61. The molecule has 0 spiro atoms. The van der Waals surface area contributed by atoms with Crippen LogP contribution in [0.25, 0.3) is 10.1 Å². The highest BCUT2D eigenvalue weighted by Crippen LogP contribution is 2.34. The van der Waals surface area contributed by atoms with Gasteiger partial charge in [0.1, 0.15) is 5.75 Å². The van der Waals surface area contributed by atoms with Crippen molar-refractivity contribution in [3.05, 3.63) is 28.6 Å². The molecule has 0 bridgehead atoms. The number of alkyl halides is 1. The molecule has 3 heteroatoms. The van der Waals surface area contributed by atoms with Gasteiger partial charge in [0, 0.05) is 15.0 Å². The SMILES string of the molecule is CCc1cc(O)c2cc(CCl)sc2c1. The van der Waals surface area contributed by atoms with Crippen LogP contribution in [-0.2, 0) is 12.3 Å². The maximum absolute atomic E-state index is 9.76. The first-order valence-corrected chi connectivity index (χ1v) is 5.90. The van der Waals surface area contributed by atoms with Crippen LogP contribution in [0.15, 0.2) is 18.2 Å². The monoisotopic (exact) mass is 226 g/mol. The summed E-state index contributed by atoms with van der Waals surface area (Å²) in [6.07, 6.45) is 0.942. The van der Waals surface area contributed by atoms with E-state index in [-0.39, 0.29) is 0 Å². The van der Waals surface area contributed by atoms with Crippen LogP contribution in [0, 0.1) is 0 Å². The van der Waals surface area contributed by atoms with Crippen molar-refractivity contribution in [2.75, 3.05) is 0 Å². The molecule has 0 aliphatic heterocycles. The minimum atomic E-state index is 0.368. The second-order valence-corrected chi connectivity index (χ2v) is 4.66. The first-order chi connectivity index (χ1) is 6.74.